The summed E-state index contributed by atoms with van der Waals surface area (Å²) in [6, 6.07) is 113. The average Bonchev–Trinajstić information content (AvgIpc) is 4.19. The van der Waals surface area contributed by atoms with Crippen LogP contribution in [-0.4, -0.2) is 17.2 Å². The van der Waals surface area contributed by atoms with Crippen LogP contribution in [0.1, 0.15) is 22.3 Å². The van der Waals surface area contributed by atoms with E-state index in [1.807, 2.05) is 0 Å². The van der Waals surface area contributed by atoms with Gasteiger partial charge in [0.25, 0.3) is 0 Å². The molecule has 0 radical (unpaired) electrons. The van der Waals surface area contributed by atoms with Crippen molar-refractivity contribution >= 4 is 72.4 Å². The van der Waals surface area contributed by atoms with Gasteiger partial charge in [-0.25, -0.2) is 0 Å². The molecular weight excluding hydrogens is 933 g/mol. The molecule has 356 valence electrons. The molecule has 2 heterocycles. The van der Waals surface area contributed by atoms with Crippen molar-refractivity contribution in [3.8, 4) is 33.6 Å². The number of nitrogens with zero attached hydrogens (tertiary/aromatic N) is 2. The van der Waals surface area contributed by atoms with E-state index in [1.54, 1.807) is 0 Å². The molecule has 2 aromatic heterocycles. The van der Waals surface area contributed by atoms with Crippen molar-refractivity contribution < 1.29 is 0 Å². The minimum Gasteiger partial charge on any atom is -0.309 e. The molecule has 1 aliphatic rings. The van der Waals surface area contributed by atoms with Crippen LogP contribution in [0.2, 0.25) is 0 Å². The molecule has 0 saturated carbocycles. The topological polar surface area (TPSA) is 9.86 Å². The van der Waals surface area contributed by atoms with Crippen LogP contribution in [0.25, 0.3) is 77.2 Å². The van der Waals surface area contributed by atoms with E-state index in [0.29, 0.717) is 0 Å². The van der Waals surface area contributed by atoms with E-state index in [9.17, 15) is 0 Å². The van der Waals surface area contributed by atoms with Gasteiger partial charge in [-0.15, -0.1) is 0 Å². The lowest BCUT2D eigenvalue weighted by Gasteiger charge is -2.35. The second-order valence-corrected chi connectivity index (χ2v) is 24.0. The third kappa shape index (κ3) is 6.27. The Kier molecular flexibility index (Phi) is 10.2. The molecule has 0 fully saturated rings. The largest absolute Gasteiger partial charge is 0.309 e. The first-order valence-corrected chi connectivity index (χ1v) is 28.4. The van der Waals surface area contributed by atoms with E-state index in [0.717, 1.165) is 16.9 Å². The van der Waals surface area contributed by atoms with E-state index < -0.39 is 13.5 Å². The highest BCUT2D eigenvalue weighted by Crippen LogP contribution is 2.59. The summed E-state index contributed by atoms with van der Waals surface area (Å²) in [7, 11) is -2.73. The number of benzene rings is 12. The molecule has 76 heavy (non-hydrogen) atoms. The Bertz CT molecular complexity index is 4350. The smallest absolute Gasteiger partial charge is 0.179 e. The van der Waals surface area contributed by atoms with Crippen LogP contribution in [-0.2, 0) is 5.41 Å². The quantitative estimate of drug-likeness (QED) is 0.101. The molecule has 3 heteroatoms. The van der Waals surface area contributed by atoms with E-state index >= 15 is 0 Å². The van der Waals surface area contributed by atoms with Crippen molar-refractivity contribution in [1.29, 1.82) is 0 Å². The van der Waals surface area contributed by atoms with Gasteiger partial charge >= 0.3 is 0 Å². The molecule has 14 aromatic rings. The summed E-state index contributed by atoms with van der Waals surface area (Å²) >= 11 is 0. The summed E-state index contributed by atoms with van der Waals surface area (Å²) in [5.74, 6) is 0. The van der Waals surface area contributed by atoms with Gasteiger partial charge in [-0.2, -0.15) is 0 Å². The van der Waals surface area contributed by atoms with Crippen molar-refractivity contribution in [2.45, 2.75) is 5.41 Å². The van der Waals surface area contributed by atoms with Gasteiger partial charge in [0, 0.05) is 32.8 Å². The molecule has 0 bridgehead atoms. The summed E-state index contributed by atoms with van der Waals surface area (Å²) in [4.78, 5) is 0. The van der Waals surface area contributed by atoms with Gasteiger partial charge in [0.05, 0.1) is 33.2 Å². The minimum atomic E-state index is -2.73. The highest BCUT2D eigenvalue weighted by Gasteiger charge is 2.48. The summed E-state index contributed by atoms with van der Waals surface area (Å²) in [5.41, 5.74) is 16.5. The summed E-state index contributed by atoms with van der Waals surface area (Å²) in [5, 5.41) is 10.3. The molecule has 0 N–H and O–H groups in total. The number of aromatic nitrogens is 2. The Hall–Kier alpha value is -9.54. The lowest BCUT2D eigenvalue weighted by Crippen LogP contribution is -2.74. The van der Waals surface area contributed by atoms with Crippen molar-refractivity contribution in [1.82, 2.24) is 9.13 Å². The lowest BCUT2D eigenvalue weighted by atomic mass is 9.66. The Balaban J connectivity index is 0.983. The van der Waals surface area contributed by atoms with Crippen LogP contribution < -0.4 is 20.7 Å². The van der Waals surface area contributed by atoms with Crippen molar-refractivity contribution in [3.05, 3.63) is 326 Å². The minimum absolute atomic E-state index is 0.571. The zero-order valence-corrected chi connectivity index (χ0v) is 42.8. The van der Waals surface area contributed by atoms with E-state index in [-0.39, 0.29) is 0 Å². The monoisotopic (exact) mass is 982 g/mol. The van der Waals surface area contributed by atoms with Gasteiger partial charge in [-0.05, 0) is 96.1 Å². The molecule has 0 amide bonds. The molecule has 0 atom stereocenters. The fourth-order valence-electron chi connectivity index (χ4n) is 13.6. The Morgan fingerprint density at radius 1 is 0.276 bits per heavy atom. The molecule has 2 nitrogen and oxygen atoms in total. The molecule has 12 aromatic carbocycles. The zero-order chi connectivity index (χ0) is 50.2. The normalized spacial score (nSPS) is 12.8. The fraction of sp³-hybridized carbons (Fsp3) is 0.0137. The zero-order valence-electron chi connectivity index (χ0n) is 41.8. The molecule has 1 aliphatic carbocycles. The summed E-state index contributed by atoms with van der Waals surface area (Å²) < 4.78 is 5.06. The van der Waals surface area contributed by atoms with Crippen molar-refractivity contribution in [3.63, 3.8) is 0 Å². The molecule has 0 unspecified atom stereocenters. The maximum Gasteiger partial charge on any atom is 0.179 e. The molecule has 0 aliphatic heterocycles. The van der Waals surface area contributed by atoms with Crippen LogP contribution in [0.5, 0.6) is 0 Å². The maximum absolute atomic E-state index is 2.73. The first-order chi connectivity index (χ1) is 37.8. The third-order valence-corrected chi connectivity index (χ3v) is 21.4. The second-order valence-electron chi connectivity index (χ2n) is 20.2. The molecule has 0 spiro atoms. The van der Waals surface area contributed by atoms with Gasteiger partial charge in [0.1, 0.15) is 0 Å². The van der Waals surface area contributed by atoms with Gasteiger partial charge < -0.3 is 9.13 Å². The number of para-hydroxylation sites is 3. The average molecular weight is 983 g/mol. The first-order valence-electron chi connectivity index (χ1n) is 26.4. The highest BCUT2D eigenvalue weighted by molar-refractivity contribution is 7.19. The van der Waals surface area contributed by atoms with Gasteiger partial charge in [0.2, 0.25) is 0 Å². The predicted octanol–water partition coefficient (Wildman–Crippen LogP) is 15.3. The Morgan fingerprint density at radius 3 is 1.32 bits per heavy atom. The first kappa shape index (κ1) is 44.0. The van der Waals surface area contributed by atoms with Crippen molar-refractivity contribution in [2.24, 2.45) is 0 Å². The molecule has 0 saturated heterocycles. The second kappa shape index (κ2) is 17.6. The fourth-order valence-corrected chi connectivity index (χ4v) is 18.3. The predicted molar refractivity (Wildman–Crippen MR) is 321 cm³/mol. The van der Waals surface area contributed by atoms with Crippen LogP contribution >= 0.6 is 0 Å². The number of hydrogen-bond donors (Lipinski definition) is 0. The SMILES string of the molecule is c1ccc(C2(c3ccccc3)c3ccccc3-c3cccc(-c4cccc5c6ccccc6n(-c6cccc7c6c6ccccc6n7-c6ccc([Si](c7ccccc7)(c7ccccc7)c7ccccc7)cc6)c45)c32)cc1. The lowest BCUT2D eigenvalue weighted by molar-refractivity contribution is 0.770. The van der Waals surface area contributed by atoms with Gasteiger partial charge in [0.15, 0.2) is 8.07 Å². The van der Waals surface area contributed by atoms with E-state index in [4.69, 9.17) is 0 Å². The molecule has 15 rings (SSSR count). The van der Waals surface area contributed by atoms with Crippen LogP contribution in [0.15, 0.2) is 303 Å². The maximum atomic E-state index is 2.58. The van der Waals surface area contributed by atoms with Crippen LogP contribution in [0.3, 0.4) is 0 Å². The van der Waals surface area contributed by atoms with E-state index in [1.165, 1.54) is 103 Å². The van der Waals surface area contributed by atoms with Gasteiger partial charge in [-0.3, -0.25) is 0 Å². The molecular formula is C73H50N2Si. The Labute approximate surface area is 443 Å². The Morgan fingerprint density at radius 2 is 0.697 bits per heavy atom. The van der Waals surface area contributed by atoms with Crippen molar-refractivity contribution in [2.75, 3.05) is 0 Å². The summed E-state index contributed by atoms with van der Waals surface area (Å²) in [6.45, 7) is 0. The van der Waals surface area contributed by atoms with Gasteiger partial charge in [-0.1, -0.05) is 267 Å². The van der Waals surface area contributed by atoms with Crippen LogP contribution in [0.4, 0.5) is 0 Å². The third-order valence-electron chi connectivity index (χ3n) is 16.6. The summed E-state index contributed by atoms with van der Waals surface area (Å²) in [6.07, 6.45) is 0. The van der Waals surface area contributed by atoms with E-state index in [2.05, 4.69) is 312 Å². The van der Waals surface area contributed by atoms with Crippen LogP contribution in [0, 0.1) is 0 Å². The highest BCUT2D eigenvalue weighted by atomic mass is 28.3. The number of rotatable bonds is 9. The standard InChI is InChI=1S/C73H50N2Si/c1-6-25-51(26-7-1)73(52-27-8-2-9-28-52)65-42-19-16-35-58(65)60-38-22-39-61(71(60)73)63-41-23-40-62-59-36-17-20-43-66(59)75(72(62)63)69-46-24-45-68-70(69)64-37-18-21-44-67(64)74(68)53-47-49-57(50-48-53)76(54-29-10-3-11-30-54,55-31-12-4-13-32-55)56-33-14-5-15-34-56/h1-50H. The number of fused-ring (bicyclic) bond motifs is 9. The number of hydrogen-bond acceptors (Lipinski definition) is 0.